The van der Waals surface area contributed by atoms with Crippen LogP contribution in [0.4, 0.5) is 11.5 Å². The fraction of sp³-hybridized carbons (Fsp3) is 0.409. The fourth-order valence-corrected chi connectivity index (χ4v) is 5.88. The van der Waals surface area contributed by atoms with Crippen molar-refractivity contribution < 1.29 is 13.5 Å². The van der Waals surface area contributed by atoms with Crippen molar-refractivity contribution in [2.24, 2.45) is 5.92 Å². The summed E-state index contributed by atoms with van der Waals surface area (Å²) in [6, 6.07) is 10.1. The van der Waals surface area contributed by atoms with Gasteiger partial charge in [0.25, 0.3) is 5.56 Å². The molecule has 172 valence electrons. The molecule has 1 aliphatic heterocycles. The summed E-state index contributed by atoms with van der Waals surface area (Å²) in [4.78, 5) is 15.4. The van der Waals surface area contributed by atoms with Crippen molar-refractivity contribution in [3.8, 4) is 6.07 Å². The van der Waals surface area contributed by atoms with Gasteiger partial charge in [0.1, 0.15) is 5.39 Å². The van der Waals surface area contributed by atoms with Crippen LogP contribution in [0.25, 0.3) is 10.9 Å². The number of benzene rings is 1. The van der Waals surface area contributed by atoms with E-state index in [0.29, 0.717) is 47.7 Å². The largest absolute Gasteiger partial charge is 0.392 e. The van der Waals surface area contributed by atoms with Crippen molar-refractivity contribution in [1.82, 2.24) is 19.1 Å². The van der Waals surface area contributed by atoms with Gasteiger partial charge in [-0.25, -0.2) is 8.42 Å². The van der Waals surface area contributed by atoms with E-state index in [-0.39, 0.29) is 23.0 Å². The van der Waals surface area contributed by atoms with Crippen molar-refractivity contribution in [2.75, 3.05) is 18.4 Å². The normalized spacial score (nSPS) is 20.1. The summed E-state index contributed by atoms with van der Waals surface area (Å²) in [6.45, 7) is 0.389. The van der Waals surface area contributed by atoms with Gasteiger partial charge >= 0.3 is 0 Å². The number of pyridine rings is 1. The van der Waals surface area contributed by atoms with Crippen LogP contribution in [0.5, 0.6) is 0 Å². The first-order chi connectivity index (χ1) is 15.9. The minimum absolute atomic E-state index is 0.0966. The van der Waals surface area contributed by atoms with E-state index >= 15 is 0 Å². The third-order valence-electron chi connectivity index (χ3n) is 6.29. The predicted molar refractivity (Wildman–Crippen MR) is 121 cm³/mol. The number of sulfonamides is 1. The highest BCUT2D eigenvalue weighted by Crippen LogP contribution is 2.43. The highest BCUT2D eigenvalue weighted by molar-refractivity contribution is 7.89. The second-order valence-electron chi connectivity index (χ2n) is 8.58. The molecule has 0 unspecified atom stereocenters. The number of hydrogen-bond acceptors (Lipinski definition) is 7. The van der Waals surface area contributed by atoms with Crippen molar-refractivity contribution >= 4 is 32.4 Å². The average molecular weight is 469 g/mol. The van der Waals surface area contributed by atoms with E-state index in [9.17, 15) is 23.6 Å². The second-order valence-corrected chi connectivity index (χ2v) is 10.5. The zero-order valence-corrected chi connectivity index (χ0v) is 18.6. The third kappa shape index (κ3) is 4.01. The first-order valence-corrected chi connectivity index (χ1v) is 12.3. The molecule has 11 heteroatoms. The van der Waals surface area contributed by atoms with Gasteiger partial charge in [0, 0.05) is 25.0 Å². The Kier molecular flexibility index (Phi) is 5.44. The van der Waals surface area contributed by atoms with E-state index in [0.717, 1.165) is 12.8 Å². The van der Waals surface area contributed by atoms with Crippen LogP contribution in [0.15, 0.2) is 46.2 Å². The summed E-state index contributed by atoms with van der Waals surface area (Å²) < 4.78 is 28.6. The number of aromatic nitrogens is 3. The van der Waals surface area contributed by atoms with Crippen LogP contribution in [-0.4, -0.2) is 51.8 Å². The molecule has 1 aliphatic carbocycles. The molecule has 2 fully saturated rings. The van der Waals surface area contributed by atoms with Crippen molar-refractivity contribution in [1.29, 1.82) is 5.26 Å². The number of nitrogens with one attached hydrogen (secondary N) is 2. The number of nitriles is 1. The summed E-state index contributed by atoms with van der Waals surface area (Å²) in [7, 11) is -3.68. The van der Waals surface area contributed by atoms with E-state index in [1.54, 1.807) is 29.1 Å². The number of fused-ring (bicyclic) bond motifs is 1. The molecule has 0 amide bonds. The highest BCUT2D eigenvalue weighted by Gasteiger charge is 2.35. The Labute approximate surface area is 190 Å². The lowest BCUT2D eigenvalue weighted by Crippen LogP contribution is -2.29. The number of rotatable bonds is 7. The molecule has 2 atom stereocenters. The molecular formula is C22H24N6O4S. The van der Waals surface area contributed by atoms with Crippen molar-refractivity contribution in [3.63, 3.8) is 0 Å². The first-order valence-electron chi connectivity index (χ1n) is 10.9. The zero-order chi connectivity index (χ0) is 23.2. The number of hydrogen-bond donors (Lipinski definition) is 3. The standard InChI is InChI=1S/C22H24N6O4S/c23-10-7-18(14-1-2-14)28-19-8-11-24-22(30)20(19)21(26-28)25-15-3-5-17(6-4-15)33(31,32)27-12-9-16(29)13-27/h3-6,8,11,14,16,18,29H,1-2,7,9,12-13H2,(H,24,30)(H,25,26)/t16-,18-/m0/s1. The zero-order valence-electron chi connectivity index (χ0n) is 17.8. The lowest BCUT2D eigenvalue weighted by molar-refractivity contribution is 0.189. The molecule has 2 aromatic heterocycles. The van der Waals surface area contributed by atoms with Crippen LogP contribution in [-0.2, 0) is 10.0 Å². The molecule has 3 heterocycles. The minimum atomic E-state index is -3.68. The fourth-order valence-electron chi connectivity index (χ4n) is 4.39. The lowest BCUT2D eigenvalue weighted by atomic mass is 10.1. The number of anilines is 2. The van der Waals surface area contributed by atoms with Gasteiger partial charge < -0.3 is 15.4 Å². The summed E-state index contributed by atoms with van der Waals surface area (Å²) >= 11 is 0. The summed E-state index contributed by atoms with van der Waals surface area (Å²) in [6.07, 6.45) is 3.73. The molecule has 3 N–H and O–H groups in total. The molecule has 1 saturated heterocycles. The Morgan fingerprint density at radius 3 is 2.64 bits per heavy atom. The van der Waals surface area contributed by atoms with Crippen LogP contribution in [0.2, 0.25) is 0 Å². The van der Waals surface area contributed by atoms with Gasteiger partial charge in [0.2, 0.25) is 10.0 Å². The molecule has 33 heavy (non-hydrogen) atoms. The maximum atomic E-state index is 12.8. The molecule has 1 saturated carbocycles. The Morgan fingerprint density at radius 2 is 2.00 bits per heavy atom. The van der Waals surface area contributed by atoms with Crippen LogP contribution < -0.4 is 10.9 Å². The summed E-state index contributed by atoms with van der Waals surface area (Å²) in [5.74, 6) is 0.724. The average Bonchev–Trinajstić information content (AvgIpc) is 3.44. The number of nitrogens with zero attached hydrogens (tertiary/aromatic N) is 4. The van der Waals surface area contributed by atoms with Gasteiger partial charge in [-0.2, -0.15) is 14.7 Å². The second kappa shape index (κ2) is 8.30. The number of aliphatic hydroxyl groups excluding tert-OH is 1. The topological polar surface area (TPSA) is 144 Å². The molecule has 10 nitrogen and oxygen atoms in total. The van der Waals surface area contributed by atoms with Crippen molar-refractivity contribution in [2.45, 2.75) is 42.7 Å². The first kappa shape index (κ1) is 21.6. The molecular weight excluding hydrogens is 444 g/mol. The summed E-state index contributed by atoms with van der Waals surface area (Å²) in [5.41, 5.74) is 0.938. The predicted octanol–water partition coefficient (Wildman–Crippen LogP) is 2.09. The molecule has 5 rings (SSSR count). The molecule has 0 radical (unpaired) electrons. The van der Waals surface area contributed by atoms with E-state index in [2.05, 4.69) is 21.5 Å². The van der Waals surface area contributed by atoms with Crippen LogP contribution in [0.1, 0.15) is 31.7 Å². The molecule has 3 aromatic rings. The quantitative estimate of drug-likeness (QED) is 0.481. The number of aliphatic hydroxyl groups is 1. The summed E-state index contributed by atoms with van der Waals surface area (Å²) in [5, 5.41) is 27.1. The van der Waals surface area contributed by atoms with Crippen LogP contribution in [0.3, 0.4) is 0 Å². The van der Waals surface area contributed by atoms with Crippen LogP contribution >= 0.6 is 0 Å². The number of H-pyrrole nitrogens is 1. The molecule has 2 aliphatic rings. The Bertz CT molecular complexity index is 1380. The van der Waals surface area contributed by atoms with Gasteiger partial charge in [-0.1, -0.05) is 0 Å². The molecule has 0 bridgehead atoms. The van der Waals surface area contributed by atoms with Gasteiger partial charge in [0.15, 0.2) is 5.82 Å². The number of β-amino-alcohol motifs (C(OH)–C–C–N with tert-alkyl or cyclic N) is 1. The van der Waals surface area contributed by atoms with Gasteiger partial charge in [-0.05, 0) is 55.5 Å². The highest BCUT2D eigenvalue weighted by atomic mass is 32.2. The molecule has 1 aromatic carbocycles. The van der Waals surface area contributed by atoms with Gasteiger partial charge in [-0.3, -0.25) is 9.48 Å². The van der Waals surface area contributed by atoms with Gasteiger partial charge in [0.05, 0.1) is 35.0 Å². The monoisotopic (exact) mass is 468 g/mol. The molecule has 0 spiro atoms. The number of aromatic amines is 1. The van der Waals surface area contributed by atoms with E-state index < -0.39 is 16.1 Å². The third-order valence-corrected chi connectivity index (χ3v) is 8.17. The van der Waals surface area contributed by atoms with E-state index in [1.165, 1.54) is 16.4 Å². The van der Waals surface area contributed by atoms with E-state index in [1.807, 2.05) is 0 Å². The SMILES string of the molecule is N#CC[C@@H](C1CC1)n1nc(Nc2ccc(S(=O)(=O)N3CC[C@H](O)C3)cc2)c2c(=O)[nH]ccc21. The smallest absolute Gasteiger partial charge is 0.261 e. The Balaban J connectivity index is 1.46. The van der Waals surface area contributed by atoms with Crippen LogP contribution in [0, 0.1) is 17.2 Å². The minimum Gasteiger partial charge on any atom is -0.392 e. The Morgan fingerprint density at radius 1 is 1.24 bits per heavy atom. The maximum absolute atomic E-state index is 12.8. The maximum Gasteiger partial charge on any atom is 0.261 e. The lowest BCUT2D eigenvalue weighted by Gasteiger charge is -2.16. The van der Waals surface area contributed by atoms with E-state index in [4.69, 9.17) is 0 Å². The Hall–Kier alpha value is -3.20. The van der Waals surface area contributed by atoms with Crippen molar-refractivity contribution in [3.05, 3.63) is 46.9 Å². The van der Waals surface area contributed by atoms with Gasteiger partial charge in [-0.15, -0.1) is 0 Å².